The van der Waals surface area contributed by atoms with Crippen LogP contribution >= 0.6 is 0 Å². The standard InChI is InChI=1S/C13H27N3O/c1-13(2,3)16-10-6-9-15(5)11(12(16)17)7-8-14-4/h11,14H,6-10H2,1-5H3. The third kappa shape index (κ3) is 3.68. The van der Waals surface area contributed by atoms with E-state index >= 15 is 0 Å². The summed E-state index contributed by atoms with van der Waals surface area (Å²) in [6.45, 7) is 9.12. The third-order valence-electron chi connectivity index (χ3n) is 3.45. The smallest absolute Gasteiger partial charge is 0.240 e. The van der Waals surface area contributed by atoms with Gasteiger partial charge >= 0.3 is 0 Å². The highest BCUT2D eigenvalue weighted by Crippen LogP contribution is 2.21. The van der Waals surface area contributed by atoms with E-state index in [1.807, 2.05) is 11.9 Å². The van der Waals surface area contributed by atoms with Crippen LogP contribution in [0.1, 0.15) is 33.6 Å². The van der Waals surface area contributed by atoms with Crippen LogP contribution in [0.3, 0.4) is 0 Å². The van der Waals surface area contributed by atoms with Crippen molar-refractivity contribution in [1.29, 1.82) is 0 Å². The first kappa shape index (κ1) is 14.5. The predicted octanol–water partition coefficient (Wildman–Crippen LogP) is 0.927. The van der Waals surface area contributed by atoms with Crippen molar-refractivity contribution in [2.75, 3.05) is 33.7 Å². The van der Waals surface area contributed by atoms with Crippen molar-refractivity contribution in [3.05, 3.63) is 0 Å². The Bertz CT molecular complexity index is 260. The summed E-state index contributed by atoms with van der Waals surface area (Å²) in [5, 5.41) is 3.13. The molecule has 1 rings (SSSR count). The van der Waals surface area contributed by atoms with E-state index in [4.69, 9.17) is 0 Å². The summed E-state index contributed by atoms with van der Waals surface area (Å²) in [6.07, 6.45) is 1.95. The third-order valence-corrected chi connectivity index (χ3v) is 3.45. The van der Waals surface area contributed by atoms with Gasteiger partial charge in [0.1, 0.15) is 0 Å². The van der Waals surface area contributed by atoms with Crippen LogP contribution in [0.5, 0.6) is 0 Å². The number of nitrogens with one attached hydrogen (secondary N) is 1. The minimum atomic E-state index is -0.0693. The van der Waals surface area contributed by atoms with Crippen LogP contribution < -0.4 is 5.32 Å². The van der Waals surface area contributed by atoms with Crippen LogP contribution in [-0.2, 0) is 4.79 Å². The molecule has 0 aromatic rings. The lowest BCUT2D eigenvalue weighted by molar-refractivity contribution is -0.139. The maximum atomic E-state index is 12.6. The Morgan fingerprint density at radius 2 is 2.00 bits per heavy atom. The number of rotatable bonds is 3. The lowest BCUT2D eigenvalue weighted by Gasteiger charge is -2.37. The molecule has 0 bridgehead atoms. The second-order valence-corrected chi connectivity index (χ2v) is 5.90. The zero-order valence-corrected chi connectivity index (χ0v) is 11.9. The van der Waals surface area contributed by atoms with E-state index in [9.17, 15) is 4.79 Å². The number of amides is 1. The lowest BCUT2D eigenvalue weighted by Crippen LogP contribution is -2.52. The molecule has 0 aliphatic carbocycles. The van der Waals surface area contributed by atoms with Crippen molar-refractivity contribution in [3.8, 4) is 0 Å². The highest BCUT2D eigenvalue weighted by Gasteiger charge is 2.35. The van der Waals surface area contributed by atoms with Gasteiger partial charge in [-0.05, 0) is 54.3 Å². The first-order chi connectivity index (χ1) is 7.88. The molecule has 0 saturated carbocycles. The Morgan fingerprint density at radius 1 is 1.35 bits per heavy atom. The number of likely N-dealkylation sites (N-methyl/N-ethyl adjacent to an activating group) is 1. The molecule has 4 nitrogen and oxygen atoms in total. The molecule has 1 aliphatic rings. The first-order valence-electron chi connectivity index (χ1n) is 6.54. The van der Waals surface area contributed by atoms with E-state index in [-0.39, 0.29) is 17.5 Å². The molecule has 0 radical (unpaired) electrons. The summed E-state index contributed by atoms with van der Waals surface area (Å²) in [6, 6.07) is 0.0316. The maximum absolute atomic E-state index is 12.6. The van der Waals surface area contributed by atoms with E-state index in [1.54, 1.807) is 0 Å². The van der Waals surface area contributed by atoms with E-state index in [1.165, 1.54) is 0 Å². The summed E-state index contributed by atoms with van der Waals surface area (Å²) in [5.74, 6) is 0.285. The molecule has 4 heteroatoms. The molecule has 100 valence electrons. The molecule has 17 heavy (non-hydrogen) atoms. The Balaban J connectivity index is 2.81. The summed E-state index contributed by atoms with van der Waals surface area (Å²) < 4.78 is 0. The lowest BCUT2D eigenvalue weighted by atomic mass is 10.0. The monoisotopic (exact) mass is 241 g/mol. The molecular weight excluding hydrogens is 214 g/mol. The van der Waals surface area contributed by atoms with Gasteiger partial charge < -0.3 is 10.2 Å². The molecule has 1 aliphatic heterocycles. The average Bonchev–Trinajstić information content (AvgIpc) is 2.35. The fraction of sp³-hybridized carbons (Fsp3) is 0.923. The minimum absolute atomic E-state index is 0.0316. The number of hydrogen-bond donors (Lipinski definition) is 1. The quantitative estimate of drug-likeness (QED) is 0.798. The largest absolute Gasteiger partial charge is 0.336 e. The molecule has 0 aromatic carbocycles. The number of hydrogen-bond acceptors (Lipinski definition) is 3. The average molecular weight is 241 g/mol. The summed E-state index contributed by atoms with van der Waals surface area (Å²) in [5.41, 5.74) is -0.0693. The molecule has 1 heterocycles. The van der Waals surface area contributed by atoms with Crippen molar-refractivity contribution < 1.29 is 4.79 Å². The SMILES string of the molecule is CNCCC1C(=O)N(C(C)(C)C)CCCN1C. The molecule has 1 saturated heterocycles. The van der Waals surface area contributed by atoms with Crippen molar-refractivity contribution >= 4 is 5.91 Å². The van der Waals surface area contributed by atoms with Crippen molar-refractivity contribution in [2.45, 2.75) is 45.2 Å². The normalized spacial score (nSPS) is 23.9. The predicted molar refractivity (Wildman–Crippen MR) is 71.0 cm³/mol. The Hall–Kier alpha value is -0.610. The number of carbonyl (C=O) groups excluding carboxylic acids is 1. The zero-order chi connectivity index (χ0) is 13.1. The van der Waals surface area contributed by atoms with Gasteiger partial charge in [0.2, 0.25) is 5.91 Å². The van der Waals surface area contributed by atoms with E-state index in [0.29, 0.717) is 0 Å². The van der Waals surface area contributed by atoms with Crippen LogP contribution in [0.2, 0.25) is 0 Å². The minimum Gasteiger partial charge on any atom is -0.336 e. The molecular formula is C13H27N3O. The van der Waals surface area contributed by atoms with Gasteiger partial charge in [-0.2, -0.15) is 0 Å². The Kier molecular flexibility index (Phi) is 4.95. The molecule has 1 fully saturated rings. The second kappa shape index (κ2) is 5.83. The highest BCUT2D eigenvalue weighted by atomic mass is 16.2. The van der Waals surface area contributed by atoms with Gasteiger partial charge in [-0.15, -0.1) is 0 Å². The Labute approximate surface area is 105 Å². The summed E-state index contributed by atoms with van der Waals surface area (Å²) in [7, 11) is 3.99. The second-order valence-electron chi connectivity index (χ2n) is 5.90. The van der Waals surface area contributed by atoms with Crippen molar-refractivity contribution in [1.82, 2.24) is 15.1 Å². The van der Waals surface area contributed by atoms with Gasteiger partial charge in [0.15, 0.2) is 0 Å². The fourth-order valence-electron chi connectivity index (χ4n) is 2.40. The molecule has 0 spiro atoms. The molecule has 1 atom stereocenters. The molecule has 1 unspecified atom stereocenters. The van der Waals surface area contributed by atoms with Gasteiger partial charge in [-0.3, -0.25) is 9.69 Å². The van der Waals surface area contributed by atoms with Gasteiger partial charge in [-0.1, -0.05) is 0 Å². The summed E-state index contributed by atoms with van der Waals surface area (Å²) in [4.78, 5) is 16.8. The molecule has 1 amide bonds. The topological polar surface area (TPSA) is 35.6 Å². The zero-order valence-electron chi connectivity index (χ0n) is 11.9. The van der Waals surface area contributed by atoms with E-state index in [2.05, 4.69) is 38.0 Å². The van der Waals surface area contributed by atoms with Crippen molar-refractivity contribution in [2.24, 2.45) is 0 Å². The van der Waals surface area contributed by atoms with E-state index < -0.39 is 0 Å². The molecule has 1 N–H and O–H groups in total. The van der Waals surface area contributed by atoms with Gasteiger partial charge in [-0.25, -0.2) is 0 Å². The fourth-order valence-corrected chi connectivity index (χ4v) is 2.40. The Morgan fingerprint density at radius 3 is 2.53 bits per heavy atom. The number of nitrogens with zero attached hydrogens (tertiary/aromatic N) is 2. The maximum Gasteiger partial charge on any atom is 0.240 e. The van der Waals surface area contributed by atoms with Crippen LogP contribution in [-0.4, -0.2) is 61.0 Å². The summed E-state index contributed by atoms with van der Waals surface area (Å²) >= 11 is 0. The number of carbonyl (C=O) groups is 1. The highest BCUT2D eigenvalue weighted by molar-refractivity contribution is 5.82. The van der Waals surface area contributed by atoms with Crippen LogP contribution in [0.15, 0.2) is 0 Å². The van der Waals surface area contributed by atoms with Gasteiger partial charge in [0, 0.05) is 18.6 Å². The van der Waals surface area contributed by atoms with E-state index in [0.717, 1.165) is 32.5 Å². The van der Waals surface area contributed by atoms with Gasteiger partial charge in [0.05, 0.1) is 6.04 Å². The van der Waals surface area contributed by atoms with Crippen LogP contribution in [0, 0.1) is 0 Å². The first-order valence-corrected chi connectivity index (χ1v) is 6.54. The van der Waals surface area contributed by atoms with Crippen LogP contribution in [0.4, 0.5) is 0 Å². The molecule has 0 aromatic heterocycles. The van der Waals surface area contributed by atoms with Crippen molar-refractivity contribution in [3.63, 3.8) is 0 Å². The van der Waals surface area contributed by atoms with Crippen LogP contribution in [0.25, 0.3) is 0 Å². The van der Waals surface area contributed by atoms with Gasteiger partial charge in [0.25, 0.3) is 0 Å².